The number of hydrogen-bond acceptors (Lipinski definition) is 5. The summed E-state index contributed by atoms with van der Waals surface area (Å²) >= 11 is 0. The largest absolute Gasteiger partial charge is 0.338 e. The second kappa shape index (κ2) is 7.96. The number of hydrogen-bond donors (Lipinski definition) is 1. The highest BCUT2D eigenvalue weighted by Crippen LogP contribution is 2.26. The number of fused-ring (bicyclic) bond motifs is 1. The second-order valence-electron chi connectivity index (χ2n) is 8.18. The summed E-state index contributed by atoms with van der Waals surface area (Å²) in [4.78, 5) is 34.9. The van der Waals surface area contributed by atoms with E-state index >= 15 is 0 Å². The molecule has 0 bridgehead atoms. The zero-order valence-electron chi connectivity index (χ0n) is 17.2. The maximum absolute atomic E-state index is 12.9. The van der Waals surface area contributed by atoms with Crippen molar-refractivity contribution in [2.75, 3.05) is 25.9 Å². The summed E-state index contributed by atoms with van der Waals surface area (Å²) in [6.45, 7) is 3.55. The van der Waals surface area contributed by atoms with Gasteiger partial charge in [0, 0.05) is 44.1 Å². The van der Waals surface area contributed by atoms with Gasteiger partial charge in [-0.3, -0.25) is 9.59 Å². The number of aromatic nitrogens is 2. The van der Waals surface area contributed by atoms with Crippen molar-refractivity contribution < 1.29 is 13.2 Å². The number of benzene rings is 1. The van der Waals surface area contributed by atoms with E-state index in [1.54, 1.807) is 0 Å². The Morgan fingerprint density at radius 2 is 1.93 bits per heavy atom. The summed E-state index contributed by atoms with van der Waals surface area (Å²) in [5.41, 5.74) is 2.56. The van der Waals surface area contributed by atoms with Crippen LogP contribution in [-0.4, -0.2) is 59.4 Å². The topological polar surface area (TPSA) is 103 Å². The molecule has 3 heterocycles. The lowest BCUT2D eigenvalue weighted by atomic mass is 9.95. The molecule has 1 saturated heterocycles. The van der Waals surface area contributed by atoms with E-state index in [1.165, 1.54) is 4.31 Å². The molecule has 0 radical (unpaired) electrons. The number of likely N-dealkylation sites (tertiary alicyclic amines) is 1. The molecule has 2 aliphatic heterocycles. The first-order valence-corrected chi connectivity index (χ1v) is 12.0. The number of amides is 1. The van der Waals surface area contributed by atoms with E-state index in [1.807, 2.05) is 36.1 Å². The van der Waals surface area contributed by atoms with Crippen molar-refractivity contribution >= 4 is 15.9 Å². The quantitative estimate of drug-likeness (QED) is 0.793. The Hall–Kier alpha value is -2.52. The highest BCUT2D eigenvalue weighted by Gasteiger charge is 2.30. The molecular formula is C21H26N4O4S. The molecule has 0 spiro atoms. The molecular weight excluding hydrogens is 404 g/mol. The van der Waals surface area contributed by atoms with Crippen LogP contribution in [0.25, 0.3) is 0 Å². The number of aromatic amines is 1. The van der Waals surface area contributed by atoms with Crippen LogP contribution in [0.15, 0.2) is 29.1 Å². The summed E-state index contributed by atoms with van der Waals surface area (Å²) in [6.07, 6.45) is 3.24. The standard InChI is InChI=1S/C21H26N4O4S/c1-14-5-7-15(8-6-14)21(27)24-10-3-4-16(12-24)19-22-18-9-11-25(30(2,28)29)13-17(18)20(26)23-19/h5-8,16H,3-4,9-13H2,1-2H3,(H,22,23,26). The molecule has 1 aromatic heterocycles. The fraction of sp³-hybridized carbons (Fsp3) is 0.476. The van der Waals surface area contributed by atoms with Gasteiger partial charge < -0.3 is 9.88 Å². The van der Waals surface area contributed by atoms with E-state index < -0.39 is 10.0 Å². The number of rotatable bonds is 3. The third-order valence-electron chi connectivity index (χ3n) is 5.91. The van der Waals surface area contributed by atoms with Crippen molar-refractivity contribution in [1.29, 1.82) is 0 Å². The average Bonchev–Trinajstić information content (AvgIpc) is 2.73. The molecule has 2 aliphatic rings. The highest BCUT2D eigenvalue weighted by molar-refractivity contribution is 7.88. The minimum atomic E-state index is -3.35. The number of nitrogens with zero attached hydrogens (tertiary/aromatic N) is 3. The van der Waals surface area contributed by atoms with Crippen molar-refractivity contribution in [3.63, 3.8) is 0 Å². The predicted molar refractivity (Wildman–Crippen MR) is 113 cm³/mol. The van der Waals surface area contributed by atoms with Gasteiger partial charge in [-0.15, -0.1) is 0 Å². The lowest BCUT2D eigenvalue weighted by molar-refractivity contribution is 0.0704. The highest BCUT2D eigenvalue weighted by atomic mass is 32.2. The number of H-pyrrole nitrogens is 1. The summed E-state index contributed by atoms with van der Waals surface area (Å²) < 4.78 is 24.9. The van der Waals surface area contributed by atoms with Crippen molar-refractivity contribution in [3.8, 4) is 0 Å². The van der Waals surface area contributed by atoms with Crippen LogP contribution in [0.3, 0.4) is 0 Å². The molecule has 1 fully saturated rings. The van der Waals surface area contributed by atoms with Crippen LogP contribution in [0.5, 0.6) is 0 Å². The fourth-order valence-corrected chi connectivity index (χ4v) is 4.95. The van der Waals surface area contributed by atoms with Gasteiger partial charge in [0.25, 0.3) is 11.5 Å². The number of carbonyl (C=O) groups excluding carboxylic acids is 1. The van der Waals surface area contributed by atoms with Gasteiger partial charge in [-0.2, -0.15) is 4.31 Å². The van der Waals surface area contributed by atoms with Crippen molar-refractivity contribution in [2.45, 2.75) is 38.6 Å². The smallest absolute Gasteiger partial charge is 0.255 e. The number of piperidine rings is 1. The van der Waals surface area contributed by atoms with Gasteiger partial charge in [0.15, 0.2) is 0 Å². The summed E-state index contributed by atoms with van der Waals surface area (Å²) in [7, 11) is -3.35. The van der Waals surface area contributed by atoms with Crippen LogP contribution in [-0.2, 0) is 23.0 Å². The van der Waals surface area contributed by atoms with Crippen LogP contribution >= 0.6 is 0 Å². The maximum atomic E-state index is 12.9. The van der Waals surface area contributed by atoms with Crippen LogP contribution in [0, 0.1) is 6.92 Å². The van der Waals surface area contributed by atoms with Gasteiger partial charge in [0.1, 0.15) is 5.82 Å². The Balaban J connectivity index is 1.54. The second-order valence-corrected chi connectivity index (χ2v) is 10.2. The lowest BCUT2D eigenvalue weighted by Crippen LogP contribution is -2.41. The molecule has 9 heteroatoms. The Kier molecular flexibility index (Phi) is 5.50. The van der Waals surface area contributed by atoms with E-state index in [4.69, 9.17) is 0 Å². The van der Waals surface area contributed by atoms with Gasteiger partial charge >= 0.3 is 0 Å². The Morgan fingerprint density at radius 3 is 2.63 bits per heavy atom. The molecule has 1 aromatic carbocycles. The predicted octanol–water partition coefficient (Wildman–Crippen LogP) is 1.42. The normalized spacial score (nSPS) is 20.1. The number of carbonyl (C=O) groups is 1. The molecule has 1 amide bonds. The Bertz CT molecular complexity index is 1120. The van der Waals surface area contributed by atoms with Gasteiger partial charge in [-0.25, -0.2) is 13.4 Å². The Labute approximate surface area is 176 Å². The van der Waals surface area contributed by atoms with Crippen molar-refractivity contribution in [3.05, 3.63) is 62.8 Å². The first-order chi connectivity index (χ1) is 14.2. The zero-order chi connectivity index (χ0) is 21.5. The summed E-state index contributed by atoms with van der Waals surface area (Å²) in [6, 6.07) is 7.54. The van der Waals surface area contributed by atoms with Crippen LogP contribution in [0.4, 0.5) is 0 Å². The lowest BCUT2D eigenvalue weighted by Gasteiger charge is -2.33. The molecule has 4 rings (SSSR count). The zero-order valence-corrected chi connectivity index (χ0v) is 18.0. The van der Waals surface area contributed by atoms with Crippen LogP contribution in [0.1, 0.15) is 51.8 Å². The third kappa shape index (κ3) is 4.17. The molecule has 0 saturated carbocycles. The summed E-state index contributed by atoms with van der Waals surface area (Å²) in [5.74, 6) is 0.538. The fourth-order valence-electron chi connectivity index (χ4n) is 4.16. The molecule has 1 N–H and O–H groups in total. The molecule has 1 unspecified atom stereocenters. The van der Waals surface area contributed by atoms with E-state index in [0.717, 1.165) is 24.7 Å². The first-order valence-electron chi connectivity index (χ1n) is 10.2. The van der Waals surface area contributed by atoms with Crippen molar-refractivity contribution in [2.24, 2.45) is 0 Å². The van der Waals surface area contributed by atoms with Crippen LogP contribution < -0.4 is 5.56 Å². The Morgan fingerprint density at radius 1 is 1.20 bits per heavy atom. The third-order valence-corrected chi connectivity index (χ3v) is 7.16. The SMILES string of the molecule is Cc1ccc(C(=O)N2CCCC(c3nc4c(c(=O)[nH]3)CN(S(C)(=O)=O)CC4)C2)cc1. The minimum Gasteiger partial charge on any atom is -0.338 e. The van der Waals surface area contributed by atoms with Crippen molar-refractivity contribution in [1.82, 2.24) is 19.2 Å². The maximum Gasteiger partial charge on any atom is 0.255 e. The molecule has 0 aliphatic carbocycles. The van der Waals surface area contributed by atoms with E-state index in [0.29, 0.717) is 48.7 Å². The van der Waals surface area contributed by atoms with E-state index in [-0.39, 0.29) is 23.9 Å². The van der Waals surface area contributed by atoms with Gasteiger partial charge in [-0.05, 0) is 31.9 Å². The number of nitrogens with one attached hydrogen (secondary N) is 1. The molecule has 2 aromatic rings. The van der Waals surface area contributed by atoms with E-state index in [9.17, 15) is 18.0 Å². The van der Waals surface area contributed by atoms with E-state index in [2.05, 4.69) is 9.97 Å². The van der Waals surface area contributed by atoms with Gasteiger partial charge in [-0.1, -0.05) is 17.7 Å². The first kappa shape index (κ1) is 20.7. The minimum absolute atomic E-state index is 0.0104. The molecule has 30 heavy (non-hydrogen) atoms. The number of sulfonamides is 1. The molecule has 8 nitrogen and oxygen atoms in total. The number of aryl methyl sites for hydroxylation is 1. The summed E-state index contributed by atoms with van der Waals surface area (Å²) in [5, 5.41) is 0. The molecule has 160 valence electrons. The van der Waals surface area contributed by atoms with Crippen LogP contribution in [0.2, 0.25) is 0 Å². The molecule has 1 atom stereocenters. The monoisotopic (exact) mass is 430 g/mol. The van der Waals surface area contributed by atoms with Gasteiger partial charge in [0.2, 0.25) is 10.0 Å². The average molecular weight is 431 g/mol. The van der Waals surface area contributed by atoms with Gasteiger partial charge in [0.05, 0.1) is 17.5 Å².